The molecule has 1 aromatic heterocycles. The van der Waals surface area contributed by atoms with E-state index in [9.17, 15) is 4.79 Å². The van der Waals surface area contributed by atoms with Crippen LogP contribution in [0.25, 0.3) is 0 Å². The Balaban J connectivity index is 2.92. The largest absolute Gasteiger partial charge is 0.383 e. The summed E-state index contributed by atoms with van der Waals surface area (Å²) in [7, 11) is 3.13. The second-order valence-electron chi connectivity index (χ2n) is 3.93. The van der Waals surface area contributed by atoms with Crippen molar-refractivity contribution in [3.63, 3.8) is 0 Å². The minimum Gasteiger partial charge on any atom is -0.383 e. The van der Waals surface area contributed by atoms with E-state index in [1.165, 1.54) is 13.3 Å². The lowest BCUT2D eigenvalue weighted by Crippen LogP contribution is -2.26. The summed E-state index contributed by atoms with van der Waals surface area (Å²) in [6.45, 7) is 2.97. The first-order chi connectivity index (χ1) is 8.65. The van der Waals surface area contributed by atoms with E-state index in [-0.39, 0.29) is 5.78 Å². The van der Waals surface area contributed by atoms with Crippen LogP contribution in [0.15, 0.2) is 6.20 Å². The van der Waals surface area contributed by atoms with E-state index in [1.807, 2.05) is 6.92 Å². The van der Waals surface area contributed by atoms with Crippen molar-refractivity contribution < 1.29 is 14.3 Å². The summed E-state index contributed by atoms with van der Waals surface area (Å²) < 4.78 is 11.8. The molecular formula is C12H19ClN2O3. The molecule has 0 aliphatic carbocycles. The highest BCUT2D eigenvalue weighted by Gasteiger charge is 2.25. The number of aromatic nitrogens is 2. The van der Waals surface area contributed by atoms with Gasteiger partial charge in [-0.3, -0.25) is 9.48 Å². The van der Waals surface area contributed by atoms with Gasteiger partial charge in [0.1, 0.15) is 11.8 Å². The zero-order valence-corrected chi connectivity index (χ0v) is 11.7. The van der Waals surface area contributed by atoms with E-state index < -0.39 is 6.10 Å². The van der Waals surface area contributed by atoms with Gasteiger partial charge in [-0.05, 0) is 6.42 Å². The summed E-state index contributed by atoms with van der Waals surface area (Å²) in [5.41, 5.74) is 0.397. The Kier molecular flexibility index (Phi) is 6.32. The van der Waals surface area contributed by atoms with Crippen LogP contribution in [0.2, 0.25) is 5.02 Å². The molecule has 1 unspecified atom stereocenters. The number of hydrogen-bond donors (Lipinski definition) is 0. The third kappa shape index (κ3) is 3.54. The molecule has 0 bridgehead atoms. The van der Waals surface area contributed by atoms with Gasteiger partial charge in [-0.25, -0.2) is 0 Å². The Morgan fingerprint density at radius 3 is 2.83 bits per heavy atom. The molecule has 1 rings (SSSR count). The van der Waals surface area contributed by atoms with Gasteiger partial charge in [-0.2, -0.15) is 5.10 Å². The Morgan fingerprint density at radius 2 is 2.28 bits per heavy atom. The van der Waals surface area contributed by atoms with Crippen molar-refractivity contribution in [2.45, 2.75) is 32.4 Å². The van der Waals surface area contributed by atoms with Crippen molar-refractivity contribution in [2.24, 2.45) is 0 Å². The molecule has 0 aliphatic rings. The van der Waals surface area contributed by atoms with Crippen molar-refractivity contribution in [3.8, 4) is 0 Å². The minimum atomic E-state index is -0.467. The Labute approximate surface area is 112 Å². The normalized spacial score (nSPS) is 12.7. The number of halogens is 1. The molecule has 0 saturated carbocycles. The minimum absolute atomic E-state index is 0.127. The molecule has 0 N–H and O–H groups in total. The van der Waals surface area contributed by atoms with Crippen molar-refractivity contribution >= 4 is 17.4 Å². The Morgan fingerprint density at radius 1 is 1.56 bits per heavy atom. The lowest BCUT2D eigenvalue weighted by atomic mass is 10.1. The zero-order chi connectivity index (χ0) is 13.5. The maximum absolute atomic E-state index is 12.3. The lowest BCUT2D eigenvalue weighted by Gasteiger charge is -2.14. The number of ketones is 1. The molecule has 0 spiro atoms. The molecular weight excluding hydrogens is 256 g/mol. The molecule has 0 aliphatic heterocycles. The topological polar surface area (TPSA) is 53.3 Å². The van der Waals surface area contributed by atoms with Crippen molar-refractivity contribution in [1.82, 2.24) is 9.78 Å². The molecule has 0 fully saturated rings. The van der Waals surface area contributed by atoms with Gasteiger partial charge < -0.3 is 9.47 Å². The summed E-state index contributed by atoms with van der Waals surface area (Å²) in [6, 6.07) is 0. The first-order valence-electron chi connectivity index (χ1n) is 5.92. The zero-order valence-electron chi connectivity index (χ0n) is 11.0. The van der Waals surface area contributed by atoms with Crippen LogP contribution in [-0.4, -0.2) is 42.5 Å². The van der Waals surface area contributed by atoms with Crippen LogP contribution in [0, 0.1) is 0 Å². The van der Waals surface area contributed by atoms with Gasteiger partial charge in [0.2, 0.25) is 5.78 Å². The molecule has 0 aromatic carbocycles. The van der Waals surface area contributed by atoms with Crippen LogP contribution >= 0.6 is 11.6 Å². The Hall–Kier alpha value is -0.910. The second kappa shape index (κ2) is 7.51. The summed E-state index contributed by atoms with van der Waals surface area (Å²) in [6.07, 6.45) is 2.55. The smallest absolute Gasteiger partial charge is 0.211 e. The molecule has 1 heterocycles. The number of hydrogen-bond acceptors (Lipinski definition) is 4. The first kappa shape index (κ1) is 15.1. The molecule has 18 heavy (non-hydrogen) atoms. The van der Waals surface area contributed by atoms with E-state index in [1.54, 1.807) is 11.8 Å². The number of ether oxygens (including phenoxy) is 2. The third-order valence-corrected chi connectivity index (χ3v) is 2.94. The number of nitrogens with zero attached hydrogens (tertiary/aromatic N) is 2. The number of carbonyl (C=O) groups is 1. The average Bonchev–Trinajstić information content (AvgIpc) is 2.73. The second-order valence-corrected chi connectivity index (χ2v) is 4.34. The SMILES string of the molecule is CCCC(OC)C(=O)c1c(Cl)cnn1CCOC. The first-order valence-corrected chi connectivity index (χ1v) is 6.30. The summed E-state index contributed by atoms with van der Waals surface area (Å²) in [5, 5.41) is 4.44. The lowest BCUT2D eigenvalue weighted by molar-refractivity contribution is 0.0565. The maximum atomic E-state index is 12.3. The summed E-state index contributed by atoms with van der Waals surface area (Å²) in [5.74, 6) is -0.127. The molecule has 0 radical (unpaired) electrons. The molecule has 6 heteroatoms. The highest BCUT2D eigenvalue weighted by molar-refractivity contribution is 6.33. The van der Waals surface area contributed by atoms with E-state index in [2.05, 4.69) is 5.10 Å². The monoisotopic (exact) mass is 274 g/mol. The fraction of sp³-hybridized carbons (Fsp3) is 0.667. The Bertz CT molecular complexity index is 393. The number of Topliss-reactive ketones (excluding diaryl/α,β-unsaturated/α-hetero) is 1. The van der Waals surface area contributed by atoms with Gasteiger partial charge in [0.15, 0.2) is 0 Å². The maximum Gasteiger partial charge on any atom is 0.211 e. The predicted octanol–water partition coefficient (Wildman–Crippen LogP) is 2.18. The van der Waals surface area contributed by atoms with Gasteiger partial charge in [-0.1, -0.05) is 24.9 Å². The van der Waals surface area contributed by atoms with Crippen LogP contribution < -0.4 is 0 Å². The fourth-order valence-electron chi connectivity index (χ4n) is 1.73. The molecule has 1 aromatic rings. The molecule has 102 valence electrons. The number of methoxy groups -OCH3 is 2. The highest BCUT2D eigenvalue weighted by atomic mass is 35.5. The van der Waals surface area contributed by atoms with Crippen LogP contribution in [0.5, 0.6) is 0 Å². The average molecular weight is 275 g/mol. The third-order valence-electron chi connectivity index (χ3n) is 2.66. The van der Waals surface area contributed by atoms with Crippen molar-refractivity contribution in [3.05, 3.63) is 16.9 Å². The molecule has 5 nitrogen and oxygen atoms in total. The highest BCUT2D eigenvalue weighted by Crippen LogP contribution is 2.19. The number of rotatable bonds is 8. The van der Waals surface area contributed by atoms with E-state index >= 15 is 0 Å². The van der Waals surface area contributed by atoms with Gasteiger partial charge in [0.25, 0.3) is 0 Å². The van der Waals surface area contributed by atoms with Crippen LogP contribution in [-0.2, 0) is 16.0 Å². The summed E-state index contributed by atoms with van der Waals surface area (Å²) in [4.78, 5) is 12.3. The quantitative estimate of drug-likeness (QED) is 0.682. The van der Waals surface area contributed by atoms with Crippen LogP contribution in [0.3, 0.4) is 0 Å². The van der Waals surface area contributed by atoms with Crippen LogP contribution in [0.1, 0.15) is 30.3 Å². The van der Waals surface area contributed by atoms with E-state index in [0.29, 0.717) is 30.3 Å². The van der Waals surface area contributed by atoms with Gasteiger partial charge >= 0.3 is 0 Å². The molecule has 0 amide bonds. The fourth-order valence-corrected chi connectivity index (χ4v) is 1.96. The predicted molar refractivity (Wildman–Crippen MR) is 69.1 cm³/mol. The van der Waals surface area contributed by atoms with Gasteiger partial charge in [-0.15, -0.1) is 0 Å². The van der Waals surface area contributed by atoms with Gasteiger partial charge in [0, 0.05) is 14.2 Å². The van der Waals surface area contributed by atoms with Crippen LogP contribution in [0.4, 0.5) is 0 Å². The number of carbonyl (C=O) groups excluding carboxylic acids is 1. The van der Waals surface area contributed by atoms with E-state index in [4.69, 9.17) is 21.1 Å². The van der Waals surface area contributed by atoms with Crippen molar-refractivity contribution in [1.29, 1.82) is 0 Å². The summed E-state index contributed by atoms with van der Waals surface area (Å²) >= 11 is 6.02. The van der Waals surface area contributed by atoms with Gasteiger partial charge in [0.05, 0.1) is 24.4 Å². The molecule has 0 saturated heterocycles. The standard InChI is InChI=1S/C12H19ClN2O3/c1-4-5-10(18-3)12(16)11-9(13)8-14-15(11)6-7-17-2/h8,10H,4-7H2,1-3H3. The van der Waals surface area contributed by atoms with E-state index in [0.717, 1.165) is 6.42 Å². The molecule has 1 atom stereocenters. The van der Waals surface area contributed by atoms with Crippen molar-refractivity contribution in [2.75, 3.05) is 20.8 Å².